The lowest BCUT2D eigenvalue weighted by atomic mass is 10.0. The highest BCUT2D eigenvalue weighted by atomic mass is 19.2. The van der Waals surface area contributed by atoms with E-state index in [1.807, 2.05) is 0 Å². The molecule has 1 aromatic carbocycles. The molecular weight excluding hydrogens is 300 g/mol. The summed E-state index contributed by atoms with van der Waals surface area (Å²) in [6.07, 6.45) is 0. The number of halogens is 2. The van der Waals surface area contributed by atoms with Crippen LogP contribution < -0.4 is 5.32 Å². The number of hydrogen-bond donors (Lipinski definition) is 1. The van der Waals surface area contributed by atoms with Crippen molar-refractivity contribution in [1.29, 1.82) is 0 Å². The molecule has 4 nitrogen and oxygen atoms in total. The number of carbonyl (C=O) groups is 1. The first-order chi connectivity index (χ1) is 10.9. The predicted molar refractivity (Wildman–Crippen MR) is 86.4 cm³/mol. The SMILES string of the molecule is CC(C)C(CNC(=O)c1ccc(F)c(F)c1)N1CCN(C)CC1. The van der Waals surface area contributed by atoms with Gasteiger partial charge in [-0.05, 0) is 31.2 Å². The summed E-state index contributed by atoms with van der Waals surface area (Å²) in [6.45, 7) is 8.74. The minimum atomic E-state index is -1.00. The molecule has 0 bridgehead atoms. The van der Waals surface area contributed by atoms with Crippen molar-refractivity contribution in [1.82, 2.24) is 15.1 Å². The van der Waals surface area contributed by atoms with E-state index in [4.69, 9.17) is 0 Å². The molecule has 0 radical (unpaired) electrons. The Morgan fingerprint density at radius 1 is 1.17 bits per heavy atom. The fraction of sp³-hybridized carbons (Fsp3) is 0.588. The number of hydrogen-bond acceptors (Lipinski definition) is 3. The van der Waals surface area contributed by atoms with Gasteiger partial charge in [0.25, 0.3) is 5.91 Å². The first-order valence-corrected chi connectivity index (χ1v) is 8.04. The molecule has 0 spiro atoms. The zero-order valence-corrected chi connectivity index (χ0v) is 14.0. The number of carbonyl (C=O) groups excluding carboxylic acids is 1. The lowest BCUT2D eigenvalue weighted by molar-refractivity contribution is 0.0790. The molecule has 1 saturated heterocycles. The van der Waals surface area contributed by atoms with E-state index in [0.29, 0.717) is 12.5 Å². The van der Waals surface area contributed by atoms with Gasteiger partial charge in [-0.15, -0.1) is 0 Å². The van der Waals surface area contributed by atoms with Crippen molar-refractivity contribution in [2.45, 2.75) is 19.9 Å². The molecule has 23 heavy (non-hydrogen) atoms. The van der Waals surface area contributed by atoms with Gasteiger partial charge in [-0.2, -0.15) is 0 Å². The van der Waals surface area contributed by atoms with Crippen molar-refractivity contribution < 1.29 is 13.6 Å². The van der Waals surface area contributed by atoms with Crippen LogP contribution in [0.4, 0.5) is 8.78 Å². The van der Waals surface area contributed by atoms with Gasteiger partial charge in [-0.1, -0.05) is 13.8 Å². The summed E-state index contributed by atoms with van der Waals surface area (Å²) in [5.74, 6) is -1.93. The molecule has 1 aliphatic heterocycles. The van der Waals surface area contributed by atoms with E-state index in [2.05, 4.69) is 36.0 Å². The van der Waals surface area contributed by atoms with Gasteiger partial charge >= 0.3 is 0 Å². The minimum absolute atomic E-state index is 0.143. The first kappa shape index (κ1) is 17.8. The van der Waals surface area contributed by atoms with Crippen LogP contribution in [0, 0.1) is 17.6 Å². The van der Waals surface area contributed by atoms with Gasteiger partial charge in [0, 0.05) is 44.3 Å². The van der Waals surface area contributed by atoms with Crippen molar-refractivity contribution in [3.05, 3.63) is 35.4 Å². The van der Waals surface area contributed by atoms with Crippen molar-refractivity contribution in [3.8, 4) is 0 Å². The van der Waals surface area contributed by atoms with Crippen LogP contribution >= 0.6 is 0 Å². The Kier molecular flexibility index (Phi) is 6.07. The molecule has 1 fully saturated rings. The predicted octanol–water partition coefficient (Wildman–Crippen LogP) is 1.97. The van der Waals surface area contributed by atoms with Crippen LogP contribution in [0.2, 0.25) is 0 Å². The molecule has 1 aromatic rings. The smallest absolute Gasteiger partial charge is 0.251 e. The molecule has 1 atom stereocenters. The fourth-order valence-electron chi connectivity index (χ4n) is 2.88. The highest BCUT2D eigenvalue weighted by Crippen LogP contribution is 2.14. The van der Waals surface area contributed by atoms with Gasteiger partial charge in [0.2, 0.25) is 0 Å². The van der Waals surface area contributed by atoms with E-state index in [1.165, 1.54) is 6.07 Å². The van der Waals surface area contributed by atoms with Gasteiger partial charge < -0.3 is 10.2 Å². The number of piperazine rings is 1. The van der Waals surface area contributed by atoms with Crippen molar-refractivity contribution in [2.75, 3.05) is 39.8 Å². The maximum absolute atomic E-state index is 13.2. The van der Waals surface area contributed by atoms with Crippen molar-refractivity contribution in [3.63, 3.8) is 0 Å². The standard InChI is InChI=1S/C17H25F2N3O/c1-12(2)16(22-8-6-21(3)7-9-22)11-20-17(23)13-4-5-14(18)15(19)10-13/h4-5,10,12,16H,6-9,11H2,1-3H3,(H,20,23). The number of likely N-dealkylation sites (N-methyl/N-ethyl adjacent to an activating group) is 1. The highest BCUT2D eigenvalue weighted by molar-refractivity contribution is 5.94. The average Bonchev–Trinajstić information content (AvgIpc) is 2.51. The topological polar surface area (TPSA) is 35.6 Å². The highest BCUT2D eigenvalue weighted by Gasteiger charge is 2.25. The maximum Gasteiger partial charge on any atom is 0.251 e. The Morgan fingerprint density at radius 3 is 2.39 bits per heavy atom. The Morgan fingerprint density at radius 2 is 1.83 bits per heavy atom. The largest absolute Gasteiger partial charge is 0.350 e. The molecule has 0 aliphatic carbocycles. The van der Waals surface area contributed by atoms with Crippen LogP contribution in [0.25, 0.3) is 0 Å². The number of amides is 1. The average molecular weight is 325 g/mol. The lowest BCUT2D eigenvalue weighted by Crippen LogP contribution is -2.54. The van der Waals surface area contributed by atoms with E-state index in [1.54, 1.807) is 0 Å². The first-order valence-electron chi connectivity index (χ1n) is 8.04. The van der Waals surface area contributed by atoms with Crippen molar-refractivity contribution in [2.24, 2.45) is 5.92 Å². The molecule has 1 amide bonds. The van der Waals surface area contributed by atoms with Crippen LogP contribution in [0.3, 0.4) is 0 Å². The number of nitrogens with zero attached hydrogens (tertiary/aromatic N) is 2. The van der Waals surface area contributed by atoms with Gasteiger partial charge in [0.15, 0.2) is 11.6 Å². The van der Waals surface area contributed by atoms with Crippen LogP contribution in [-0.4, -0.2) is 61.5 Å². The van der Waals surface area contributed by atoms with Gasteiger partial charge in [-0.25, -0.2) is 8.78 Å². The second kappa shape index (κ2) is 7.84. The Bertz CT molecular complexity index is 543. The molecule has 1 N–H and O–H groups in total. The fourth-order valence-corrected chi connectivity index (χ4v) is 2.88. The van der Waals surface area contributed by atoms with E-state index in [0.717, 1.165) is 38.3 Å². The zero-order chi connectivity index (χ0) is 17.0. The summed E-state index contributed by atoms with van der Waals surface area (Å²) in [6, 6.07) is 3.45. The van der Waals surface area contributed by atoms with Crippen molar-refractivity contribution >= 4 is 5.91 Å². The molecular formula is C17H25F2N3O. The summed E-state index contributed by atoms with van der Waals surface area (Å²) < 4.78 is 26.2. The summed E-state index contributed by atoms with van der Waals surface area (Å²) >= 11 is 0. The summed E-state index contributed by atoms with van der Waals surface area (Å²) in [5, 5.41) is 2.85. The summed E-state index contributed by atoms with van der Waals surface area (Å²) in [5.41, 5.74) is 0.143. The summed E-state index contributed by atoms with van der Waals surface area (Å²) in [7, 11) is 2.10. The van der Waals surface area contributed by atoms with E-state index >= 15 is 0 Å². The van der Waals surface area contributed by atoms with Crippen LogP contribution in [-0.2, 0) is 0 Å². The normalized spacial score (nSPS) is 18.2. The number of nitrogens with one attached hydrogen (secondary N) is 1. The molecule has 2 rings (SSSR count). The molecule has 0 saturated carbocycles. The quantitative estimate of drug-likeness (QED) is 0.899. The Balaban J connectivity index is 1.95. The number of rotatable bonds is 5. The second-order valence-electron chi connectivity index (χ2n) is 6.49. The van der Waals surface area contributed by atoms with Crippen LogP contribution in [0.1, 0.15) is 24.2 Å². The zero-order valence-electron chi connectivity index (χ0n) is 14.0. The molecule has 1 aliphatic rings. The molecule has 1 heterocycles. The lowest BCUT2D eigenvalue weighted by Gasteiger charge is -2.39. The summed E-state index contributed by atoms with van der Waals surface area (Å²) in [4.78, 5) is 16.8. The van der Waals surface area contributed by atoms with Gasteiger partial charge in [0.05, 0.1) is 0 Å². The maximum atomic E-state index is 13.2. The molecule has 0 aromatic heterocycles. The third-order valence-electron chi connectivity index (χ3n) is 4.43. The minimum Gasteiger partial charge on any atom is -0.350 e. The molecule has 1 unspecified atom stereocenters. The Hall–Kier alpha value is -1.53. The molecule has 128 valence electrons. The van der Waals surface area contributed by atoms with E-state index < -0.39 is 11.6 Å². The third-order valence-corrected chi connectivity index (χ3v) is 4.43. The van der Waals surface area contributed by atoms with Crippen LogP contribution in [0.15, 0.2) is 18.2 Å². The van der Waals surface area contributed by atoms with Gasteiger partial charge in [0.1, 0.15) is 0 Å². The second-order valence-corrected chi connectivity index (χ2v) is 6.49. The third kappa shape index (κ3) is 4.72. The Labute approximate surface area is 136 Å². The van der Waals surface area contributed by atoms with E-state index in [9.17, 15) is 13.6 Å². The monoisotopic (exact) mass is 325 g/mol. The van der Waals surface area contributed by atoms with Gasteiger partial charge in [-0.3, -0.25) is 9.69 Å². The van der Waals surface area contributed by atoms with Crippen LogP contribution in [0.5, 0.6) is 0 Å². The molecule has 6 heteroatoms. The number of benzene rings is 1. The van der Waals surface area contributed by atoms with E-state index in [-0.39, 0.29) is 17.5 Å².